The molecule has 0 aromatic rings. The zero-order chi connectivity index (χ0) is 13.6. The molecule has 0 aromatic heterocycles. The van der Waals surface area contributed by atoms with Gasteiger partial charge in [-0.05, 0) is 12.5 Å². The first-order valence-electron chi connectivity index (χ1n) is 5.79. The minimum absolute atomic E-state index is 0. The van der Waals surface area contributed by atoms with Gasteiger partial charge in [-0.3, -0.25) is 9.90 Å². The summed E-state index contributed by atoms with van der Waals surface area (Å²) in [4.78, 5) is 18.6. The summed E-state index contributed by atoms with van der Waals surface area (Å²) in [5, 5.41) is 2.28. The number of amides is 2. The summed E-state index contributed by atoms with van der Waals surface area (Å²) in [7, 11) is -4.96. The molecule has 9 nitrogen and oxygen atoms in total. The number of hydrogen-bond acceptors (Lipinski definition) is 7. The maximum atomic E-state index is 11.9. The molecule has 2 fully saturated rings. The van der Waals surface area contributed by atoms with Crippen molar-refractivity contribution in [3.05, 3.63) is 11.8 Å². The molecule has 2 saturated heterocycles. The SMILES string of the molecule is O=C1N2CC(N3CCCO3)=CC(C2)N1OS(=O)(=O)[O-].[Na+]. The Labute approximate surface area is 138 Å². The quantitative estimate of drug-likeness (QED) is 0.297. The van der Waals surface area contributed by atoms with Crippen molar-refractivity contribution < 1.29 is 56.4 Å². The summed E-state index contributed by atoms with van der Waals surface area (Å²) in [6.07, 6.45) is 2.59. The average Bonchev–Trinajstić information content (AvgIpc) is 2.92. The number of carbonyl (C=O) groups excluding carboxylic acids is 1. The topological polar surface area (TPSA) is 102 Å². The fraction of sp³-hybridized carbons (Fsp3) is 0.667. The predicted octanol–water partition coefficient (Wildman–Crippen LogP) is -3.98. The maximum absolute atomic E-state index is 11.9. The van der Waals surface area contributed by atoms with Crippen molar-refractivity contribution in [1.82, 2.24) is 15.0 Å². The van der Waals surface area contributed by atoms with E-state index in [0.29, 0.717) is 24.8 Å². The molecule has 0 radical (unpaired) electrons. The van der Waals surface area contributed by atoms with Gasteiger partial charge in [-0.25, -0.2) is 13.2 Å². The Balaban J connectivity index is 0.00000147. The van der Waals surface area contributed by atoms with Crippen molar-refractivity contribution in [2.45, 2.75) is 12.5 Å². The van der Waals surface area contributed by atoms with E-state index in [-0.39, 0.29) is 29.6 Å². The first-order valence-corrected chi connectivity index (χ1v) is 7.12. The van der Waals surface area contributed by atoms with Crippen LogP contribution in [0.25, 0.3) is 0 Å². The summed E-state index contributed by atoms with van der Waals surface area (Å²) in [5.41, 5.74) is 0.775. The van der Waals surface area contributed by atoms with Crippen LogP contribution in [-0.4, -0.2) is 66.3 Å². The van der Waals surface area contributed by atoms with Crippen molar-refractivity contribution in [3.63, 3.8) is 0 Å². The van der Waals surface area contributed by atoms with Crippen LogP contribution < -0.4 is 29.6 Å². The Kier molecular flexibility index (Phi) is 4.64. The first kappa shape index (κ1) is 16.0. The normalized spacial score (nSPS) is 25.9. The molecule has 0 aliphatic carbocycles. The molecule has 3 aliphatic rings. The molecule has 0 spiro atoms. The van der Waals surface area contributed by atoms with Crippen molar-refractivity contribution >= 4 is 16.4 Å². The van der Waals surface area contributed by atoms with Crippen LogP contribution in [0.5, 0.6) is 0 Å². The van der Waals surface area contributed by atoms with E-state index < -0.39 is 22.5 Å². The first-order chi connectivity index (χ1) is 8.94. The van der Waals surface area contributed by atoms with Crippen LogP contribution in [0.3, 0.4) is 0 Å². The van der Waals surface area contributed by atoms with Gasteiger partial charge in [0.15, 0.2) is 0 Å². The Morgan fingerprint density at radius 3 is 2.80 bits per heavy atom. The molecule has 0 aromatic carbocycles. The molecule has 3 heterocycles. The number of hydroxylamine groups is 4. The van der Waals surface area contributed by atoms with Gasteiger partial charge >= 0.3 is 35.6 Å². The number of rotatable bonds is 3. The third kappa shape index (κ3) is 3.11. The molecule has 1 atom stereocenters. The third-order valence-electron chi connectivity index (χ3n) is 3.15. The van der Waals surface area contributed by atoms with Crippen molar-refractivity contribution in [1.29, 1.82) is 0 Å². The minimum atomic E-state index is -4.96. The third-order valence-corrected chi connectivity index (χ3v) is 3.49. The maximum Gasteiger partial charge on any atom is 1.00 e. The molecule has 1 unspecified atom stereocenters. The van der Waals surface area contributed by atoms with Gasteiger partial charge in [0.05, 0.1) is 18.8 Å². The van der Waals surface area contributed by atoms with E-state index in [4.69, 9.17) is 4.84 Å². The molecule has 11 heteroatoms. The number of hydrogen-bond donors (Lipinski definition) is 0. The van der Waals surface area contributed by atoms with Crippen LogP contribution >= 0.6 is 0 Å². The van der Waals surface area contributed by atoms with Gasteiger partial charge in [-0.2, -0.15) is 9.35 Å². The number of fused-ring (bicyclic) bond motifs is 2. The van der Waals surface area contributed by atoms with E-state index >= 15 is 0 Å². The molecule has 2 bridgehead atoms. The second-order valence-electron chi connectivity index (χ2n) is 4.49. The van der Waals surface area contributed by atoms with Crippen molar-refractivity contribution in [3.8, 4) is 0 Å². The summed E-state index contributed by atoms with van der Waals surface area (Å²) in [6.45, 7) is 1.95. The molecule has 3 rings (SSSR count). The van der Waals surface area contributed by atoms with Gasteiger partial charge in [0.25, 0.3) is 0 Å². The van der Waals surface area contributed by atoms with E-state index in [1.54, 1.807) is 11.1 Å². The standard InChI is InChI=1S/C9H13N3O6S.Na/c13-9-10-5-7(11-2-1-3-17-11)4-8(6-10)12(9)18-19(14,15)16;/h4,8H,1-3,5-6H2,(H,14,15,16);/q;+1/p-1. The fourth-order valence-corrected chi connectivity index (χ4v) is 2.77. The largest absolute Gasteiger partial charge is 1.00 e. The van der Waals surface area contributed by atoms with Crippen LogP contribution in [0, 0.1) is 0 Å². The molecule has 0 N–H and O–H groups in total. The second-order valence-corrected chi connectivity index (χ2v) is 5.45. The molecule has 106 valence electrons. The van der Waals surface area contributed by atoms with Gasteiger partial charge < -0.3 is 9.45 Å². The number of urea groups is 1. The summed E-state index contributed by atoms with van der Waals surface area (Å²) < 4.78 is 36.0. The van der Waals surface area contributed by atoms with Gasteiger partial charge in [-0.15, -0.1) is 0 Å². The predicted molar refractivity (Wildman–Crippen MR) is 58.7 cm³/mol. The molecule has 0 saturated carbocycles. The van der Waals surface area contributed by atoms with Crippen molar-refractivity contribution in [2.24, 2.45) is 0 Å². The van der Waals surface area contributed by atoms with Gasteiger partial charge in [-0.1, -0.05) is 0 Å². The van der Waals surface area contributed by atoms with Crippen LogP contribution in [0.1, 0.15) is 6.42 Å². The molecular formula is C9H12N3NaO6S. The Hall–Kier alpha value is -0.360. The number of carbonyl (C=O) groups is 1. The van der Waals surface area contributed by atoms with Gasteiger partial charge in [0.2, 0.25) is 10.4 Å². The van der Waals surface area contributed by atoms with Crippen LogP contribution in [-0.2, 0) is 19.5 Å². The zero-order valence-corrected chi connectivity index (χ0v) is 13.7. The Morgan fingerprint density at radius 1 is 1.45 bits per heavy atom. The monoisotopic (exact) mass is 313 g/mol. The van der Waals surface area contributed by atoms with Gasteiger partial charge in [0, 0.05) is 13.1 Å². The zero-order valence-electron chi connectivity index (χ0n) is 10.9. The molecule has 3 aliphatic heterocycles. The van der Waals surface area contributed by atoms with Crippen LogP contribution in [0.15, 0.2) is 11.8 Å². The summed E-state index contributed by atoms with van der Waals surface area (Å²) in [5.74, 6) is 0. The summed E-state index contributed by atoms with van der Waals surface area (Å²) in [6, 6.07) is -1.22. The Morgan fingerprint density at radius 2 is 2.20 bits per heavy atom. The van der Waals surface area contributed by atoms with E-state index in [0.717, 1.165) is 18.7 Å². The summed E-state index contributed by atoms with van der Waals surface area (Å²) >= 11 is 0. The average molecular weight is 313 g/mol. The Bertz CT molecular complexity index is 532. The van der Waals surface area contributed by atoms with E-state index in [1.807, 2.05) is 0 Å². The number of nitrogens with zero attached hydrogens (tertiary/aromatic N) is 3. The van der Waals surface area contributed by atoms with E-state index in [9.17, 15) is 17.8 Å². The second kappa shape index (κ2) is 5.79. The molecule has 20 heavy (non-hydrogen) atoms. The smallest absolute Gasteiger partial charge is 0.724 e. The van der Waals surface area contributed by atoms with E-state index in [1.165, 1.54) is 4.90 Å². The van der Waals surface area contributed by atoms with Gasteiger partial charge in [0.1, 0.15) is 6.04 Å². The molecular weight excluding hydrogens is 301 g/mol. The van der Waals surface area contributed by atoms with Crippen LogP contribution in [0.2, 0.25) is 0 Å². The minimum Gasteiger partial charge on any atom is -0.724 e. The van der Waals surface area contributed by atoms with Crippen LogP contribution in [0.4, 0.5) is 4.79 Å². The van der Waals surface area contributed by atoms with E-state index in [2.05, 4.69) is 4.28 Å². The fourth-order valence-electron chi connectivity index (χ4n) is 2.40. The van der Waals surface area contributed by atoms with Crippen molar-refractivity contribution in [2.75, 3.05) is 26.2 Å². The molecule has 2 amide bonds.